The molecule has 1 unspecified atom stereocenters. The number of rotatable bonds is 2. The first-order valence-corrected chi connectivity index (χ1v) is 4.22. The summed E-state index contributed by atoms with van der Waals surface area (Å²) in [6.45, 7) is 2.92. The van der Waals surface area contributed by atoms with Crippen molar-refractivity contribution in [1.82, 2.24) is 5.32 Å². The van der Waals surface area contributed by atoms with Crippen LogP contribution in [0.25, 0.3) is 0 Å². The molecule has 0 fully saturated rings. The van der Waals surface area contributed by atoms with E-state index in [1.54, 1.807) is 6.92 Å². The van der Waals surface area contributed by atoms with Crippen LogP contribution in [0.2, 0.25) is 0 Å². The highest BCUT2D eigenvalue weighted by Crippen LogP contribution is 2.17. The van der Waals surface area contributed by atoms with Crippen LogP contribution in [-0.4, -0.2) is 5.91 Å². The second-order valence-corrected chi connectivity index (χ2v) is 3.09. The molecule has 0 saturated heterocycles. The van der Waals surface area contributed by atoms with Crippen molar-refractivity contribution in [1.29, 1.82) is 0 Å². The van der Waals surface area contributed by atoms with Crippen molar-refractivity contribution >= 4 is 5.91 Å². The summed E-state index contributed by atoms with van der Waals surface area (Å²) in [6.07, 6.45) is 0. The highest BCUT2D eigenvalue weighted by atomic mass is 19.1. The van der Waals surface area contributed by atoms with Gasteiger partial charge in [-0.1, -0.05) is 0 Å². The zero-order chi connectivity index (χ0) is 10.7. The number of halogens is 2. The summed E-state index contributed by atoms with van der Waals surface area (Å²) in [5, 5.41) is 2.48. The summed E-state index contributed by atoms with van der Waals surface area (Å²) >= 11 is 0. The molecule has 1 atom stereocenters. The third-order valence-corrected chi connectivity index (χ3v) is 1.84. The Morgan fingerprint density at radius 1 is 1.43 bits per heavy atom. The van der Waals surface area contributed by atoms with Crippen LogP contribution in [0.5, 0.6) is 0 Å². The fourth-order valence-corrected chi connectivity index (χ4v) is 1.23. The summed E-state index contributed by atoms with van der Waals surface area (Å²) in [4.78, 5) is 10.7. The molecule has 0 aliphatic carbocycles. The van der Waals surface area contributed by atoms with Gasteiger partial charge in [0, 0.05) is 12.5 Å². The van der Waals surface area contributed by atoms with Gasteiger partial charge in [-0.25, -0.2) is 8.78 Å². The average Bonchev–Trinajstić information content (AvgIpc) is 2.08. The van der Waals surface area contributed by atoms with Gasteiger partial charge in [-0.2, -0.15) is 0 Å². The molecule has 1 rings (SSSR count). The third kappa shape index (κ3) is 2.52. The molecule has 2 nitrogen and oxygen atoms in total. The average molecular weight is 199 g/mol. The zero-order valence-electron chi connectivity index (χ0n) is 7.97. The van der Waals surface area contributed by atoms with Crippen LogP contribution >= 0.6 is 0 Å². The molecule has 1 aromatic carbocycles. The second-order valence-electron chi connectivity index (χ2n) is 3.09. The number of benzene rings is 1. The molecule has 1 amide bonds. The quantitative estimate of drug-likeness (QED) is 0.777. The third-order valence-electron chi connectivity index (χ3n) is 1.84. The maximum absolute atomic E-state index is 13.2. The van der Waals surface area contributed by atoms with Gasteiger partial charge in [0.05, 0.1) is 6.04 Å². The van der Waals surface area contributed by atoms with Crippen LogP contribution in [0.4, 0.5) is 8.78 Å². The molecule has 0 aliphatic rings. The van der Waals surface area contributed by atoms with Gasteiger partial charge < -0.3 is 5.32 Å². The van der Waals surface area contributed by atoms with Crippen LogP contribution < -0.4 is 5.32 Å². The molecule has 1 N–H and O–H groups in total. The number of carbonyl (C=O) groups excluding carboxylic acids is 1. The summed E-state index contributed by atoms with van der Waals surface area (Å²) in [6, 6.07) is 2.64. The van der Waals surface area contributed by atoms with E-state index >= 15 is 0 Å². The first-order valence-electron chi connectivity index (χ1n) is 4.22. The topological polar surface area (TPSA) is 29.1 Å². The molecule has 4 heteroatoms. The van der Waals surface area contributed by atoms with E-state index in [1.165, 1.54) is 6.92 Å². The molecule has 0 radical (unpaired) electrons. The van der Waals surface area contributed by atoms with E-state index in [4.69, 9.17) is 0 Å². The highest BCUT2D eigenvalue weighted by molar-refractivity contribution is 5.73. The van der Waals surface area contributed by atoms with Crippen molar-refractivity contribution in [3.63, 3.8) is 0 Å². The Balaban J connectivity index is 2.93. The van der Waals surface area contributed by atoms with Gasteiger partial charge >= 0.3 is 0 Å². The molecule has 0 bridgehead atoms. The SMILES string of the molecule is CC(=O)NC(C)c1cc(F)ccc1F. The van der Waals surface area contributed by atoms with Crippen LogP contribution in [0.1, 0.15) is 25.5 Å². The van der Waals surface area contributed by atoms with E-state index in [2.05, 4.69) is 5.32 Å². The maximum Gasteiger partial charge on any atom is 0.217 e. The molecule has 0 aliphatic heterocycles. The molecular formula is C10H11F2NO. The number of amides is 1. The molecule has 1 aromatic rings. The van der Waals surface area contributed by atoms with Crippen molar-refractivity contribution in [2.75, 3.05) is 0 Å². The fourth-order valence-electron chi connectivity index (χ4n) is 1.23. The van der Waals surface area contributed by atoms with Crippen LogP contribution in [0.3, 0.4) is 0 Å². The molecule has 0 spiro atoms. The predicted octanol–water partition coefficient (Wildman–Crippen LogP) is 2.16. The van der Waals surface area contributed by atoms with E-state index < -0.39 is 17.7 Å². The van der Waals surface area contributed by atoms with Crippen LogP contribution in [0, 0.1) is 11.6 Å². The normalized spacial score (nSPS) is 12.3. The molecular weight excluding hydrogens is 188 g/mol. The Labute approximate surface area is 80.9 Å². The largest absolute Gasteiger partial charge is 0.350 e. The minimum absolute atomic E-state index is 0.153. The van der Waals surface area contributed by atoms with Crippen molar-refractivity contribution in [2.45, 2.75) is 19.9 Å². The van der Waals surface area contributed by atoms with Crippen molar-refractivity contribution in [3.05, 3.63) is 35.4 Å². The summed E-state index contributed by atoms with van der Waals surface area (Å²) < 4.78 is 25.9. The minimum atomic E-state index is -0.525. The van der Waals surface area contributed by atoms with E-state index in [-0.39, 0.29) is 11.5 Å². The van der Waals surface area contributed by atoms with Crippen molar-refractivity contribution in [3.8, 4) is 0 Å². The first-order chi connectivity index (χ1) is 6.50. The smallest absolute Gasteiger partial charge is 0.217 e. The minimum Gasteiger partial charge on any atom is -0.350 e. The Morgan fingerprint density at radius 3 is 2.64 bits per heavy atom. The van der Waals surface area contributed by atoms with Gasteiger partial charge in [-0.15, -0.1) is 0 Å². The number of carbonyl (C=O) groups is 1. The lowest BCUT2D eigenvalue weighted by molar-refractivity contribution is -0.119. The van der Waals surface area contributed by atoms with Crippen molar-refractivity contribution < 1.29 is 13.6 Å². The van der Waals surface area contributed by atoms with Gasteiger partial charge in [-0.3, -0.25) is 4.79 Å². The predicted molar refractivity (Wildman–Crippen MR) is 48.6 cm³/mol. The lowest BCUT2D eigenvalue weighted by atomic mass is 10.1. The monoisotopic (exact) mass is 199 g/mol. The van der Waals surface area contributed by atoms with E-state index in [0.29, 0.717) is 0 Å². The summed E-state index contributed by atoms with van der Waals surface area (Å²) in [5.41, 5.74) is 0.153. The Morgan fingerprint density at radius 2 is 2.07 bits per heavy atom. The first kappa shape index (κ1) is 10.6. The van der Waals surface area contributed by atoms with Crippen molar-refractivity contribution in [2.24, 2.45) is 0 Å². The van der Waals surface area contributed by atoms with Gasteiger partial charge in [-0.05, 0) is 25.1 Å². The van der Waals surface area contributed by atoms with Gasteiger partial charge in [0.15, 0.2) is 0 Å². The number of nitrogens with one attached hydrogen (secondary N) is 1. The highest BCUT2D eigenvalue weighted by Gasteiger charge is 2.12. The number of hydrogen-bond acceptors (Lipinski definition) is 1. The zero-order valence-corrected chi connectivity index (χ0v) is 7.97. The van der Waals surface area contributed by atoms with E-state index in [9.17, 15) is 13.6 Å². The number of hydrogen-bond donors (Lipinski definition) is 1. The molecule has 0 aromatic heterocycles. The van der Waals surface area contributed by atoms with Crippen LogP contribution in [0.15, 0.2) is 18.2 Å². The second kappa shape index (κ2) is 4.17. The Kier molecular flexibility index (Phi) is 3.17. The Bertz CT molecular complexity index is 352. The lowest BCUT2D eigenvalue weighted by Gasteiger charge is -2.13. The lowest BCUT2D eigenvalue weighted by Crippen LogP contribution is -2.24. The molecule has 0 saturated carbocycles. The maximum atomic E-state index is 13.2. The summed E-state index contributed by atoms with van der Waals surface area (Å²) in [5.74, 6) is -1.31. The van der Waals surface area contributed by atoms with Gasteiger partial charge in [0.25, 0.3) is 0 Å². The molecule has 76 valence electrons. The summed E-state index contributed by atoms with van der Waals surface area (Å²) in [7, 11) is 0. The van der Waals surface area contributed by atoms with Gasteiger partial charge in [0.2, 0.25) is 5.91 Å². The van der Waals surface area contributed by atoms with E-state index in [1.807, 2.05) is 0 Å². The Hall–Kier alpha value is -1.45. The molecule has 0 heterocycles. The fraction of sp³-hybridized carbons (Fsp3) is 0.300. The van der Waals surface area contributed by atoms with Gasteiger partial charge in [0.1, 0.15) is 11.6 Å². The standard InChI is InChI=1S/C10H11F2NO/c1-6(13-7(2)14)9-5-8(11)3-4-10(9)12/h3-6H,1-2H3,(H,13,14). The molecule has 14 heavy (non-hydrogen) atoms. The van der Waals surface area contributed by atoms with Crippen LogP contribution in [-0.2, 0) is 4.79 Å². The van der Waals surface area contributed by atoms with E-state index in [0.717, 1.165) is 18.2 Å².